The molecule has 4 nitrogen and oxygen atoms in total. The van der Waals surface area contributed by atoms with Crippen molar-refractivity contribution in [2.24, 2.45) is 0 Å². The van der Waals surface area contributed by atoms with Gasteiger partial charge in [0, 0.05) is 9.50 Å². The molecule has 0 amide bonds. The summed E-state index contributed by atoms with van der Waals surface area (Å²) < 4.78 is 27.4. The van der Waals surface area contributed by atoms with Gasteiger partial charge in [-0.25, -0.2) is 8.42 Å². The van der Waals surface area contributed by atoms with Crippen LogP contribution >= 0.6 is 27.5 Å². The van der Waals surface area contributed by atoms with Gasteiger partial charge in [-0.1, -0.05) is 23.7 Å². The van der Waals surface area contributed by atoms with Crippen LogP contribution in [0.2, 0.25) is 5.02 Å². The summed E-state index contributed by atoms with van der Waals surface area (Å²) in [5, 5.41) is 10.2. The van der Waals surface area contributed by atoms with E-state index in [2.05, 4.69) is 20.7 Å². The number of phenols is 1. The zero-order valence-electron chi connectivity index (χ0n) is 10.4. The molecule has 0 aliphatic heterocycles. The molecule has 0 saturated carbocycles. The summed E-state index contributed by atoms with van der Waals surface area (Å²) in [6.45, 7) is 1.64. The first-order valence-corrected chi connectivity index (χ1v) is 8.23. The van der Waals surface area contributed by atoms with Gasteiger partial charge in [0.1, 0.15) is 10.6 Å². The maximum atomic E-state index is 12.3. The van der Waals surface area contributed by atoms with E-state index in [0.717, 1.165) is 0 Å². The molecule has 0 saturated heterocycles. The average Bonchev–Trinajstić information content (AvgIpc) is 2.35. The Morgan fingerprint density at radius 1 is 1.25 bits per heavy atom. The molecular formula is C13H11BrClNO3S. The first-order chi connectivity index (χ1) is 9.31. The molecule has 0 fully saturated rings. The number of anilines is 1. The van der Waals surface area contributed by atoms with Crippen LogP contribution < -0.4 is 4.72 Å². The number of hydrogen-bond acceptors (Lipinski definition) is 3. The van der Waals surface area contributed by atoms with Gasteiger partial charge in [0.05, 0.1) is 5.69 Å². The monoisotopic (exact) mass is 375 g/mol. The van der Waals surface area contributed by atoms with E-state index in [4.69, 9.17) is 11.6 Å². The largest absolute Gasteiger partial charge is 0.505 e. The summed E-state index contributed by atoms with van der Waals surface area (Å²) in [6.07, 6.45) is 0. The second kappa shape index (κ2) is 5.63. The van der Waals surface area contributed by atoms with Crippen molar-refractivity contribution in [3.05, 3.63) is 51.5 Å². The van der Waals surface area contributed by atoms with Crippen LogP contribution in [0.1, 0.15) is 5.56 Å². The first kappa shape index (κ1) is 15.2. The van der Waals surface area contributed by atoms with Crippen molar-refractivity contribution in [2.75, 3.05) is 4.72 Å². The average molecular weight is 377 g/mol. The fourth-order valence-corrected chi connectivity index (χ4v) is 4.01. The first-order valence-electron chi connectivity index (χ1n) is 5.58. The Balaban J connectivity index is 2.47. The summed E-state index contributed by atoms with van der Waals surface area (Å²) in [4.78, 5) is 0.0806. The lowest BCUT2D eigenvalue weighted by molar-refractivity contribution is 0.473. The minimum Gasteiger partial charge on any atom is -0.505 e. The third-order valence-corrected chi connectivity index (χ3v) is 5.23. The highest BCUT2D eigenvalue weighted by Crippen LogP contribution is 2.33. The van der Waals surface area contributed by atoms with Crippen molar-refractivity contribution in [3.8, 4) is 5.75 Å². The van der Waals surface area contributed by atoms with E-state index in [1.807, 2.05) is 0 Å². The number of nitrogens with one attached hydrogen (secondary N) is 1. The van der Waals surface area contributed by atoms with Gasteiger partial charge in [-0.3, -0.25) is 4.72 Å². The Labute approximate surface area is 130 Å². The lowest BCUT2D eigenvalue weighted by atomic mass is 10.2. The maximum absolute atomic E-state index is 12.3. The van der Waals surface area contributed by atoms with Crippen LogP contribution in [0.15, 0.2) is 45.8 Å². The number of hydrogen-bond donors (Lipinski definition) is 2. The van der Waals surface area contributed by atoms with Crippen molar-refractivity contribution in [1.29, 1.82) is 0 Å². The van der Waals surface area contributed by atoms with Crippen molar-refractivity contribution in [1.82, 2.24) is 0 Å². The van der Waals surface area contributed by atoms with Gasteiger partial charge in [0.2, 0.25) is 0 Å². The Morgan fingerprint density at radius 2 is 1.90 bits per heavy atom. The van der Waals surface area contributed by atoms with Crippen LogP contribution in [-0.4, -0.2) is 13.5 Å². The molecule has 0 radical (unpaired) electrons. The number of benzene rings is 2. The predicted octanol–water partition coefficient (Wildman–Crippen LogP) is 3.92. The molecule has 0 heterocycles. The van der Waals surface area contributed by atoms with Crippen molar-refractivity contribution < 1.29 is 13.5 Å². The lowest BCUT2D eigenvalue weighted by Gasteiger charge is -2.12. The molecule has 20 heavy (non-hydrogen) atoms. The molecule has 0 aliphatic carbocycles. The van der Waals surface area contributed by atoms with Crippen molar-refractivity contribution >= 4 is 43.2 Å². The SMILES string of the molecule is Cc1cc(Cl)cc(NS(=O)(=O)c2ccccc2Br)c1O. The van der Waals surface area contributed by atoms with Crippen molar-refractivity contribution in [2.45, 2.75) is 11.8 Å². The number of phenolic OH excluding ortho intramolecular Hbond substituents is 1. The predicted molar refractivity (Wildman–Crippen MR) is 82.8 cm³/mol. The third kappa shape index (κ3) is 3.08. The fourth-order valence-electron chi connectivity index (χ4n) is 1.68. The van der Waals surface area contributed by atoms with Crippen LogP contribution in [0.5, 0.6) is 5.75 Å². The van der Waals surface area contributed by atoms with E-state index in [1.165, 1.54) is 12.1 Å². The summed E-state index contributed by atoms with van der Waals surface area (Å²) in [5.41, 5.74) is 0.535. The van der Waals surface area contributed by atoms with Gasteiger partial charge < -0.3 is 5.11 Å². The molecule has 2 N–H and O–H groups in total. The number of aryl methyl sites for hydroxylation is 1. The van der Waals surface area contributed by atoms with E-state index in [-0.39, 0.29) is 16.3 Å². The Kier molecular flexibility index (Phi) is 4.27. The second-order valence-corrected chi connectivity index (χ2v) is 7.10. The minimum atomic E-state index is -3.82. The highest BCUT2D eigenvalue weighted by molar-refractivity contribution is 9.10. The fraction of sp³-hybridized carbons (Fsp3) is 0.0769. The number of aromatic hydroxyl groups is 1. The Morgan fingerprint density at radius 3 is 2.55 bits per heavy atom. The van der Waals surface area contributed by atoms with Gasteiger partial charge in [0.15, 0.2) is 0 Å². The van der Waals surface area contributed by atoms with Crippen LogP contribution in [0.25, 0.3) is 0 Å². The second-order valence-electron chi connectivity index (χ2n) is 4.15. The normalized spacial score (nSPS) is 11.3. The standard InChI is InChI=1S/C13H11BrClNO3S/c1-8-6-9(15)7-11(13(8)17)16-20(18,19)12-5-3-2-4-10(12)14/h2-7,16-17H,1H3. The van der Waals surface area contributed by atoms with Gasteiger partial charge in [-0.05, 0) is 52.7 Å². The van der Waals surface area contributed by atoms with Crippen LogP contribution in [0.3, 0.4) is 0 Å². The summed E-state index contributed by atoms with van der Waals surface area (Å²) in [6, 6.07) is 9.32. The van der Waals surface area contributed by atoms with E-state index < -0.39 is 10.0 Å². The molecule has 0 spiro atoms. The van der Waals surface area contributed by atoms with Gasteiger partial charge in [0.25, 0.3) is 10.0 Å². The molecule has 2 aromatic carbocycles. The maximum Gasteiger partial charge on any atom is 0.263 e. The van der Waals surface area contributed by atoms with Gasteiger partial charge in [-0.2, -0.15) is 0 Å². The van der Waals surface area contributed by atoms with Crippen LogP contribution in [0.4, 0.5) is 5.69 Å². The number of halogens is 2. The molecular weight excluding hydrogens is 366 g/mol. The number of rotatable bonds is 3. The van der Waals surface area contributed by atoms with E-state index in [1.54, 1.807) is 31.2 Å². The minimum absolute atomic E-state index is 0.0470. The smallest absolute Gasteiger partial charge is 0.263 e. The molecule has 0 bridgehead atoms. The molecule has 0 atom stereocenters. The van der Waals surface area contributed by atoms with Crippen LogP contribution in [-0.2, 0) is 10.0 Å². The van der Waals surface area contributed by atoms with Gasteiger partial charge in [-0.15, -0.1) is 0 Å². The molecule has 0 unspecified atom stereocenters. The van der Waals surface area contributed by atoms with Crippen LogP contribution in [0, 0.1) is 6.92 Å². The van der Waals surface area contributed by atoms with E-state index >= 15 is 0 Å². The van der Waals surface area contributed by atoms with Gasteiger partial charge >= 0.3 is 0 Å². The Bertz CT molecular complexity index is 762. The van der Waals surface area contributed by atoms with E-state index in [9.17, 15) is 13.5 Å². The van der Waals surface area contributed by atoms with Crippen molar-refractivity contribution in [3.63, 3.8) is 0 Å². The lowest BCUT2D eigenvalue weighted by Crippen LogP contribution is -2.13. The topological polar surface area (TPSA) is 66.4 Å². The highest BCUT2D eigenvalue weighted by atomic mass is 79.9. The summed E-state index contributed by atoms with van der Waals surface area (Å²) >= 11 is 9.06. The molecule has 0 aliphatic rings. The quantitative estimate of drug-likeness (QED) is 0.798. The number of sulfonamides is 1. The molecule has 2 aromatic rings. The molecule has 2 rings (SSSR count). The zero-order chi connectivity index (χ0) is 14.9. The molecule has 106 valence electrons. The third-order valence-electron chi connectivity index (χ3n) is 2.64. The molecule has 7 heteroatoms. The Hall–Kier alpha value is -1.24. The molecule has 0 aromatic heterocycles. The highest BCUT2D eigenvalue weighted by Gasteiger charge is 2.19. The summed E-state index contributed by atoms with van der Waals surface area (Å²) in [7, 11) is -3.82. The van der Waals surface area contributed by atoms with E-state index in [0.29, 0.717) is 15.1 Å². The zero-order valence-corrected chi connectivity index (χ0v) is 13.6. The summed E-state index contributed by atoms with van der Waals surface area (Å²) in [5.74, 6) is -0.148.